The lowest BCUT2D eigenvalue weighted by Crippen LogP contribution is -2.38. The first-order valence-electron chi connectivity index (χ1n) is 11.9. The predicted octanol–water partition coefficient (Wildman–Crippen LogP) is 6.32. The van der Waals surface area contributed by atoms with Crippen LogP contribution in [0.1, 0.15) is 40.2 Å². The molecule has 0 bridgehead atoms. The Bertz CT molecular complexity index is 1540. The first-order chi connectivity index (χ1) is 18.3. The van der Waals surface area contributed by atoms with Crippen molar-refractivity contribution in [3.63, 3.8) is 0 Å². The van der Waals surface area contributed by atoms with Crippen molar-refractivity contribution in [3.05, 3.63) is 71.0 Å². The number of nitrogens with zero attached hydrogens (tertiary/aromatic N) is 4. The number of aryl methyl sites for hydroxylation is 1. The topological polar surface area (TPSA) is 92.9 Å². The molecule has 1 saturated carbocycles. The minimum absolute atomic E-state index is 0.00584. The zero-order valence-electron chi connectivity index (χ0n) is 20.3. The summed E-state index contributed by atoms with van der Waals surface area (Å²) in [7, 11) is 0. The van der Waals surface area contributed by atoms with Crippen LogP contribution in [-0.4, -0.2) is 42.8 Å². The average molecular weight is 549 g/mol. The van der Waals surface area contributed by atoms with Crippen molar-refractivity contribution in [1.29, 1.82) is 0 Å². The van der Waals surface area contributed by atoms with E-state index in [4.69, 9.17) is 0 Å². The second kappa shape index (κ2) is 9.54. The molecule has 1 aliphatic carbocycles. The standard InChI is InChI=1S/C26H21F6N5O2/c1-13-3-2-4-16(11-13)23-36-21-18(37(23)12-14-5-9-17(10-6-14)25(27,28)29)20(34-22(35-21)24(38)39)33-19(15-7-8-15)26(30,31)32/h2-6,9-11,15,19H,7-8,12H2,1H3,(H,38,39)(H,33,34,35)/t19-/m1/s1. The lowest BCUT2D eigenvalue weighted by Gasteiger charge is -2.22. The zero-order valence-corrected chi connectivity index (χ0v) is 20.3. The lowest BCUT2D eigenvalue weighted by atomic mass is 10.1. The van der Waals surface area contributed by atoms with Gasteiger partial charge in [0.15, 0.2) is 11.5 Å². The summed E-state index contributed by atoms with van der Waals surface area (Å²) in [5.41, 5.74) is 0.796. The van der Waals surface area contributed by atoms with Crippen LogP contribution in [0.2, 0.25) is 0 Å². The number of hydrogen-bond donors (Lipinski definition) is 2. The minimum Gasteiger partial charge on any atom is -0.475 e. The molecule has 2 aromatic heterocycles. The summed E-state index contributed by atoms with van der Waals surface area (Å²) in [6.45, 7) is 1.73. The number of alkyl halides is 6. The Hall–Kier alpha value is -4.16. The molecule has 4 aromatic rings. The lowest BCUT2D eigenvalue weighted by molar-refractivity contribution is -0.146. The zero-order chi connectivity index (χ0) is 28.1. The van der Waals surface area contributed by atoms with E-state index in [1.807, 2.05) is 13.0 Å². The van der Waals surface area contributed by atoms with E-state index in [2.05, 4.69) is 20.3 Å². The van der Waals surface area contributed by atoms with Crippen LogP contribution in [0, 0.1) is 12.8 Å². The molecule has 0 amide bonds. The Balaban J connectivity index is 1.71. The second-order valence-electron chi connectivity index (χ2n) is 9.46. The highest BCUT2D eigenvalue weighted by atomic mass is 19.4. The SMILES string of the molecule is Cc1cccc(-c2nc3nc(C(=O)O)nc(N[C@H](C4CC4)C(F)(F)F)c3n2Cc2ccc(C(F)(F)F)cc2)c1. The smallest absolute Gasteiger partial charge is 0.416 e. The van der Waals surface area contributed by atoms with Gasteiger partial charge in [-0.1, -0.05) is 35.9 Å². The number of carbonyl (C=O) groups is 1. The number of hydrogen-bond acceptors (Lipinski definition) is 5. The van der Waals surface area contributed by atoms with E-state index in [1.54, 1.807) is 18.2 Å². The van der Waals surface area contributed by atoms with Crippen molar-refractivity contribution in [2.45, 2.75) is 44.7 Å². The largest absolute Gasteiger partial charge is 0.475 e. The number of imidazole rings is 1. The molecule has 0 aliphatic heterocycles. The second-order valence-corrected chi connectivity index (χ2v) is 9.46. The van der Waals surface area contributed by atoms with Gasteiger partial charge >= 0.3 is 18.3 Å². The fraction of sp³-hybridized carbons (Fsp3) is 0.308. The molecule has 7 nitrogen and oxygen atoms in total. The number of nitrogens with one attached hydrogen (secondary N) is 1. The van der Waals surface area contributed by atoms with Crippen molar-refractivity contribution in [2.24, 2.45) is 5.92 Å². The van der Waals surface area contributed by atoms with Crippen LogP contribution >= 0.6 is 0 Å². The van der Waals surface area contributed by atoms with E-state index in [9.17, 15) is 36.2 Å². The minimum atomic E-state index is -4.64. The quantitative estimate of drug-likeness (QED) is 0.262. The van der Waals surface area contributed by atoms with Gasteiger partial charge in [0.05, 0.1) is 5.56 Å². The van der Waals surface area contributed by atoms with Gasteiger partial charge in [0, 0.05) is 12.1 Å². The third kappa shape index (κ3) is 5.52. The molecule has 2 heterocycles. The van der Waals surface area contributed by atoms with Crippen LogP contribution in [-0.2, 0) is 12.7 Å². The van der Waals surface area contributed by atoms with Crippen molar-refractivity contribution in [2.75, 3.05) is 5.32 Å². The summed E-state index contributed by atoms with van der Waals surface area (Å²) in [4.78, 5) is 24.1. The monoisotopic (exact) mass is 549 g/mol. The van der Waals surface area contributed by atoms with Crippen molar-refractivity contribution in [3.8, 4) is 11.4 Å². The fourth-order valence-electron chi connectivity index (χ4n) is 4.42. The third-order valence-electron chi connectivity index (χ3n) is 6.43. The highest BCUT2D eigenvalue weighted by molar-refractivity contribution is 5.92. The van der Waals surface area contributed by atoms with E-state index in [1.165, 1.54) is 16.7 Å². The molecule has 0 saturated heterocycles. The molecule has 0 unspecified atom stereocenters. The molecule has 13 heteroatoms. The molecule has 5 rings (SSSR count). The number of rotatable bonds is 7. The van der Waals surface area contributed by atoms with Crippen LogP contribution in [0.4, 0.5) is 32.2 Å². The van der Waals surface area contributed by atoms with Gasteiger partial charge in [-0.25, -0.2) is 19.7 Å². The normalized spacial score (nSPS) is 14.9. The van der Waals surface area contributed by atoms with E-state index in [0.717, 1.165) is 17.7 Å². The van der Waals surface area contributed by atoms with Gasteiger partial charge in [-0.2, -0.15) is 26.3 Å². The number of fused-ring (bicyclic) bond motifs is 1. The molecule has 0 radical (unpaired) electrons. The Morgan fingerprint density at radius 2 is 1.74 bits per heavy atom. The number of carboxylic acid groups (broad SMARTS) is 1. The molecule has 0 spiro atoms. The summed E-state index contributed by atoms with van der Waals surface area (Å²) in [5.74, 6) is -3.12. The van der Waals surface area contributed by atoms with Crippen LogP contribution in [0.3, 0.4) is 0 Å². The summed E-state index contributed by atoms with van der Waals surface area (Å²) in [6, 6.07) is 9.41. The van der Waals surface area contributed by atoms with Crippen LogP contribution in [0.15, 0.2) is 48.5 Å². The Kier molecular flexibility index (Phi) is 6.47. The number of aromatic carboxylic acids is 1. The highest BCUT2D eigenvalue weighted by Gasteiger charge is 2.49. The van der Waals surface area contributed by atoms with Gasteiger partial charge in [0.1, 0.15) is 17.4 Å². The molecular weight excluding hydrogens is 528 g/mol. The summed E-state index contributed by atoms with van der Waals surface area (Å²) in [5, 5.41) is 11.9. The van der Waals surface area contributed by atoms with Gasteiger partial charge in [-0.05, 0) is 49.4 Å². The maximum atomic E-state index is 13.9. The predicted molar refractivity (Wildman–Crippen MR) is 129 cm³/mol. The first-order valence-corrected chi connectivity index (χ1v) is 11.9. The summed E-state index contributed by atoms with van der Waals surface area (Å²) in [6.07, 6.45) is -8.49. The van der Waals surface area contributed by atoms with Gasteiger partial charge in [-0.3, -0.25) is 0 Å². The molecule has 1 fully saturated rings. The van der Waals surface area contributed by atoms with Crippen molar-refractivity contribution >= 4 is 23.0 Å². The van der Waals surface area contributed by atoms with Gasteiger partial charge < -0.3 is 15.0 Å². The van der Waals surface area contributed by atoms with E-state index in [-0.39, 0.29) is 29.4 Å². The summed E-state index contributed by atoms with van der Waals surface area (Å²) >= 11 is 0. The van der Waals surface area contributed by atoms with E-state index < -0.39 is 41.7 Å². The van der Waals surface area contributed by atoms with Gasteiger partial charge in [0.25, 0.3) is 0 Å². The van der Waals surface area contributed by atoms with Gasteiger partial charge in [0.2, 0.25) is 5.82 Å². The highest BCUT2D eigenvalue weighted by Crippen LogP contribution is 2.42. The van der Waals surface area contributed by atoms with Crippen LogP contribution in [0.25, 0.3) is 22.6 Å². The molecule has 2 N–H and O–H groups in total. The van der Waals surface area contributed by atoms with E-state index >= 15 is 0 Å². The Morgan fingerprint density at radius 3 is 2.31 bits per heavy atom. The average Bonchev–Trinajstić information content (AvgIpc) is 3.62. The summed E-state index contributed by atoms with van der Waals surface area (Å²) < 4.78 is 82.5. The van der Waals surface area contributed by atoms with Crippen molar-refractivity contribution < 1.29 is 36.2 Å². The molecule has 2 aromatic carbocycles. The molecule has 1 aliphatic rings. The van der Waals surface area contributed by atoms with Crippen LogP contribution < -0.4 is 5.32 Å². The van der Waals surface area contributed by atoms with E-state index in [0.29, 0.717) is 24.0 Å². The maximum absolute atomic E-state index is 13.9. The molecular formula is C26H21F6N5O2. The van der Waals surface area contributed by atoms with Crippen LogP contribution in [0.5, 0.6) is 0 Å². The first kappa shape index (κ1) is 26.4. The molecule has 1 atom stereocenters. The Morgan fingerprint density at radius 1 is 1.05 bits per heavy atom. The number of benzene rings is 2. The number of aromatic nitrogens is 4. The van der Waals surface area contributed by atoms with Crippen molar-refractivity contribution in [1.82, 2.24) is 19.5 Å². The Labute approximate surface area is 217 Å². The number of anilines is 1. The molecule has 204 valence electrons. The van der Waals surface area contributed by atoms with Gasteiger partial charge in [-0.15, -0.1) is 0 Å². The fourth-order valence-corrected chi connectivity index (χ4v) is 4.42. The third-order valence-corrected chi connectivity index (χ3v) is 6.43. The maximum Gasteiger partial charge on any atom is 0.416 e. The number of carboxylic acids is 1. The molecule has 39 heavy (non-hydrogen) atoms. The number of halogens is 6.